The van der Waals surface area contributed by atoms with Crippen molar-refractivity contribution in [3.8, 4) is 0 Å². The smallest absolute Gasteiger partial charge is 0.423 e. The Kier molecular flexibility index (Phi) is 5.55. The van der Waals surface area contributed by atoms with Gasteiger partial charge in [0.05, 0.1) is 16.8 Å². The molecule has 0 aliphatic rings. The molecule has 0 spiro atoms. The summed E-state index contributed by atoms with van der Waals surface area (Å²) in [5, 5.41) is 38.1. The fourth-order valence-corrected chi connectivity index (χ4v) is 1.48. The van der Waals surface area contributed by atoms with E-state index in [-0.39, 0.29) is 0 Å². The van der Waals surface area contributed by atoms with Crippen LogP contribution in [0.4, 0.5) is 13.2 Å². The van der Waals surface area contributed by atoms with Gasteiger partial charge in [-0.2, -0.15) is 13.2 Å². The van der Waals surface area contributed by atoms with Crippen LogP contribution in [0.2, 0.25) is 0 Å². The van der Waals surface area contributed by atoms with Gasteiger partial charge in [-0.05, 0) is 45.3 Å². The van der Waals surface area contributed by atoms with Gasteiger partial charge < -0.3 is 24.8 Å². The molecule has 0 amide bonds. The van der Waals surface area contributed by atoms with E-state index < -0.39 is 48.4 Å². The third kappa shape index (κ3) is 4.92. The molecular formula is C12H18B2F3NO5. The van der Waals surface area contributed by atoms with Crippen molar-refractivity contribution >= 4 is 25.3 Å². The van der Waals surface area contributed by atoms with E-state index in [9.17, 15) is 23.3 Å². The van der Waals surface area contributed by atoms with Crippen LogP contribution in [0.5, 0.6) is 0 Å². The van der Waals surface area contributed by atoms with E-state index >= 15 is 0 Å². The largest absolute Gasteiger partial charge is 0.511 e. The highest BCUT2D eigenvalue weighted by molar-refractivity contribution is 6.62. The molecule has 6 nitrogen and oxygen atoms in total. The fourth-order valence-electron chi connectivity index (χ4n) is 1.48. The van der Waals surface area contributed by atoms with Crippen molar-refractivity contribution in [1.29, 1.82) is 0 Å². The van der Waals surface area contributed by atoms with Crippen molar-refractivity contribution in [2.24, 2.45) is 0 Å². The third-order valence-corrected chi connectivity index (χ3v) is 3.59. The molecule has 0 saturated carbocycles. The summed E-state index contributed by atoms with van der Waals surface area (Å²) >= 11 is 0. The van der Waals surface area contributed by atoms with Crippen molar-refractivity contribution in [1.82, 2.24) is 4.98 Å². The van der Waals surface area contributed by atoms with Gasteiger partial charge in [0.15, 0.2) is 0 Å². The number of hydrogen-bond donors (Lipinski definition) is 4. The molecular weight excluding hydrogens is 317 g/mol. The molecule has 11 heteroatoms. The zero-order valence-electron chi connectivity index (χ0n) is 13.1. The molecule has 0 aliphatic carbocycles. The second kappa shape index (κ2) is 6.40. The van der Waals surface area contributed by atoms with Crippen molar-refractivity contribution in [2.45, 2.75) is 45.1 Å². The Morgan fingerprint density at radius 2 is 1.57 bits per heavy atom. The molecule has 0 bridgehead atoms. The van der Waals surface area contributed by atoms with Gasteiger partial charge in [-0.1, -0.05) is 0 Å². The van der Waals surface area contributed by atoms with Crippen LogP contribution in [0, 0.1) is 0 Å². The maximum absolute atomic E-state index is 12.8. The Labute approximate surface area is 132 Å². The average molecular weight is 335 g/mol. The predicted octanol–water partition coefficient (Wildman–Crippen LogP) is -0.966. The van der Waals surface area contributed by atoms with Crippen LogP contribution in [-0.4, -0.2) is 50.6 Å². The van der Waals surface area contributed by atoms with E-state index in [0.717, 1.165) is 6.07 Å². The molecule has 23 heavy (non-hydrogen) atoms. The third-order valence-electron chi connectivity index (χ3n) is 3.59. The number of halogens is 3. The second-order valence-electron chi connectivity index (χ2n) is 6.12. The summed E-state index contributed by atoms with van der Waals surface area (Å²) in [6.07, 6.45) is -4.84. The van der Waals surface area contributed by atoms with Gasteiger partial charge in [0.2, 0.25) is 0 Å². The van der Waals surface area contributed by atoms with E-state index in [4.69, 9.17) is 14.7 Å². The van der Waals surface area contributed by atoms with Crippen LogP contribution in [0.3, 0.4) is 0 Å². The van der Waals surface area contributed by atoms with Crippen molar-refractivity contribution in [2.75, 3.05) is 0 Å². The highest BCUT2D eigenvalue weighted by atomic mass is 19.4. The predicted molar refractivity (Wildman–Crippen MR) is 78.1 cm³/mol. The minimum Gasteiger partial charge on any atom is -0.423 e. The minimum absolute atomic E-state index is 0.460. The lowest BCUT2D eigenvalue weighted by molar-refractivity contribution is -0.141. The van der Waals surface area contributed by atoms with Gasteiger partial charge in [0.25, 0.3) is 0 Å². The summed E-state index contributed by atoms with van der Waals surface area (Å²) in [4.78, 5) is 3.25. The first kappa shape index (κ1) is 19.9. The summed E-state index contributed by atoms with van der Waals surface area (Å²) in [6.45, 7) is 5.68. The molecule has 0 fully saturated rings. The molecule has 4 N–H and O–H groups in total. The number of rotatable bonds is 5. The molecule has 1 rings (SSSR count). The van der Waals surface area contributed by atoms with Gasteiger partial charge in [-0.25, -0.2) is 0 Å². The normalized spacial score (nSPS) is 13.2. The van der Waals surface area contributed by atoms with Crippen LogP contribution in [0.25, 0.3) is 0 Å². The quantitative estimate of drug-likeness (QED) is 0.517. The van der Waals surface area contributed by atoms with E-state index in [1.807, 2.05) is 0 Å². The van der Waals surface area contributed by atoms with Crippen molar-refractivity contribution in [3.05, 3.63) is 17.8 Å². The molecule has 1 aromatic rings. The second-order valence-corrected chi connectivity index (χ2v) is 6.12. The van der Waals surface area contributed by atoms with E-state index in [2.05, 4.69) is 4.98 Å². The van der Waals surface area contributed by atoms with Gasteiger partial charge in [-0.15, -0.1) is 0 Å². The number of nitrogens with zero attached hydrogens (tertiary/aromatic N) is 1. The van der Waals surface area contributed by atoms with Crippen LogP contribution in [-0.2, 0) is 10.8 Å². The molecule has 0 unspecified atom stereocenters. The number of alkyl halides is 3. The Hall–Kier alpha value is -1.13. The van der Waals surface area contributed by atoms with Crippen molar-refractivity contribution < 1.29 is 38.0 Å². The molecule has 1 aromatic heterocycles. The first-order chi connectivity index (χ1) is 10.1. The molecule has 0 radical (unpaired) electrons. The molecule has 0 atom stereocenters. The van der Waals surface area contributed by atoms with Crippen LogP contribution in [0.1, 0.15) is 33.4 Å². The van der Waals surface area contributed by atoms with Crippen LogP contribution < -0.4 is 11.1 Å². The molecule has 0 saturated heterocycles. The van der Waals surface area contributed by atoms with Gasteiger partial charge in [0.1, 0.15) is 5.69 Å². The zero-order valence-corrected chi connectivity index (χ0v) is 13.1. The summed E-state index contributed by atoms with van der Waals surface area (Å²) in [6, 6.07) is 1.34. The van der Waals surface area contributed by atoms with E-state index in [1.54, 1.807) is 0 Å². The standard InChI is InChI=1S/C12H18B2F3NO5/c1-10(2,19)11(3,4)23-14(22)9-6-7(13(20)21)5-8(18-9)12(15,16)17/h5-6,19-22H,1-4H3. The monoisotopic (exact) mass is 335 g/mol. The SMILES string of the molecule is CC(C)(O)C(C)(C)OB(O)c1cc(B(O)O)cc(C(F)(F)F)n1. The summed E-state index contributed by atoms with van der Waals surface area (Å²) < 4.78 is 43.6. The molecule has 0 aromatic carbocycles. The molecule has 1 heterocycles. The molecule has 128 valence electrons. The minimum atomic E-state index is -4.84. The number of aliphatic hydroxyl groups is 1. The van der Waals surface area contributed by atoms with Crippen LogP contribution in [0.15, 0.2) is 12.1 Å². The Bertz CT molecular complexity index is 561. The Morgan fingerprint density at radius 3 is 1.96 bits per heavy atom. The van der Waals surface area contributed by atoms with Gasteiger partial charge >= 0.3 is 20.4 Å². The summed E-state index contributed by atoms with van der Waals surface area (Å²) in [5.41, 5.74) is -5.18. The summed E-state index contributed by atoms with van der Waals surface area (Å²) in [5.74, 6) is 0. The highest BCUT2D eigenvalue weighted by Crippen LogP contribution is 2.27. The fraction of sp³-hybridized carbons (Fsp3) is 0.583. The number of aromatic nitrogens is 1. The lowest BCUT2D eigenvalue weighted by atomic mass is 9.74. The topological polar surface area (TPSA) is 103 Å². The van der Waals surface area contributed by atoms with Crippen LogP contribution >= 0.6 is 0 Å². The number of hydrogen-bond acceptors (Lipinski definition) is 6. The van der Waals surface area contributed by atoms with E-state index in [0.29, 0.717) is 6.07 Å². The van der Waals surface area contributed by atoms with Crippen molar-refractivity contribution in [3.63, 3.8) is 0 Å². The van der Waals surface area contributed by atoms with E-state index in [1.165, 1.54) is 27.7 Å². The lowest BCUT2D eigenvalue weighted by Gasteiger charge is -2.38. The maximum atomic E-state index is 12.8. The summed E-state index contributed by atoms with van der Waals surface area (Å²) in [7, 11) is -4.08. The highest BCUT2D eigenvalue weighted by Gasteiger charge is 2.41. The lowest BCUT2D eigenvalue weighted by Crippen LogP contribution is -2.54. The Balaban J connectivity index is 3.23. The maximum Gasteiger partial charge on any atom is 0.511 e. The Morgan fingerprint density at radius 1 is 1.04 bits per heavy atom. The first-order valence-electron chi connectivity index (χ1n) is 6.68. The van der Waals surface area contributed by atoms with Gasteiger partial charge in [0, 0.05) is 0 Å². The average Bonchev–Trinajstić information content (AvgIpc) is 2.35. The number of pyridine rings is 1. The first-order valence-corrected chi connectivity index (χ1v) is 6.68. The van der Waals surface area contributed by atoms with Gasteiger partial charge in [-0.3, -0.25) is 4.98 Å². The zero-order chi connectivity index (χ0) is 18.2. The molecule has 0 aliphatic heterocycles.